The van der Waals surface area contributed by atoms with Crippen molar-refractivity contribution in [2.75, 3.05) is 17.8 Å². The Balaban J connectivity index is 2.21. The molecule has 8 heteroatoms. The smallest absolute Gasteiger partial charge is 0.339 e. The number of carboxylic acids is 1. The summed E-state index contributed by atoms with van der Waals surface area (Å²) in [5, 5.41) is 18.8. The molecule has 0 amide bonds. The maximum Gasteiger partial charge on any atom is 0.339 e. The van der Waals surface area contributed by atoms with Gasteiger partial charge in [-0.25, -0.2) is 4.79 Å². The highest BCUT2D eigenvalue weighted by Crippen LogP contribution is 2.29. The van der Waals surface area contributed by atoms with Gasteiger partial charge in [0.25, 0.3) is 0 Å². The summed E-state index contributed by atoms with van der Waals surface area (Å²) in [6.45, 7) is 2.89. The molecule has 0 aliphatic carbocycles. The summed E-state index contributed by atoms with van der Waals surface area (Å²) < 4.78 is 28.1. The number of anilines is 1. The molecular weight excluding hydrogens is 296 g/mol. The van der Waals surface area contributed by atoms with Crippen molar-refractivity contribution < 1.29 is 23.4 Å². The number of piperidine rings is 1. The normalized spacial score (nSPS) is 17.6. The number of nitrogens with one attached hydrogen (secondary N) is 1. The lowest BCUT2D eigenvalue weighted by molar-refractivity contribution is 0.0694. The molecule has 0 unspecified atom stereocenters. The van der Waals surface area contributed by atoms with Gasteiger partial charge in [0.05, 0.1) is 5.69 Å². The Kier molecular flexibility index (Phi) is 4.38. The zero-order chi connectivity index (χ0) is 15.6. The highest BCUT2D eigenvalue weighted by Gasteiger charge is 2.27. The molecule has 0 spiro atoms. The van der Waals surface area contributed by atoms with E-state index in [1.165, 1.54) is 22.5 Å². The summed E-state index contributed by atoms with van der Waals surface area (Å²) in [6.07, 6.45) is 1.56. The molecule has 116 valence electrons. The van der Waals surface area contributed by atoms with Crippen molar-refractivity contribution in [1.29, 1.82) is 0 Å². The molecule has 7 nitrogen and oxygen atoms in total. The van der Waals surface area contributed by atoms with Gasteiger partial charge in [0.1, 0.15) is 5.56 Å². The second-order valence-electron chi connectivity index (χ2n) is 5.20. The van der Waals surface area contributed by atoms with Crippen molar-refractivity contribution in [3.63, 3.8) is 0 Å². The van der Waals surface area contributed by atoms with Crippen molar-refractivity contribution in [1.82, 2.24) is 4.31 Å². The number of para-hydroxylation sites is 1. The van der Waals surface area contributed by atoms with Crippen molar-refractivity contribution in [3.05, 3.63) is 23.8 Å². The number of hydrogen-bond acceptors (Lipinski definition) is 4. The van der Waals surface area contributed by atoms with Gasteiger partial charge in [0, 0.05) is 13.1 Å². The lowest BCUT2D eigenvalue weighted by atomic mass is 10.0. The third-order valence-electron chi connectivity index (χ3n) is 3.59. The molecular formula is C13H18N2O5S. The molecule has 1 aliphatic rings. The Morgan fingerprint density at radius 1 is 1.33 bits per heavy atom. The van der Waals surface area contributed by atoms with Gasteiger partial charge in [0.2, 0.25) is 0 Å². The molecule has 0 bridgehead atoms. The first-order valence-corrected chi connectivity index (χ1v) is 8.08. The fourth-order valence-corrected chi connectivity index (χ4v) is 3.49. The van der Waals surface area contributed by atoms with Gasteiger partial charge in [0.15, 0.2) is 5.75 Å². The number of phenols is 1. The first-order valence-electron chi connectivity index (χ1n) is 6.64. The number of carbonyl (C=O) groups is 1. The third kappa shape index (κ3) is 3.45. The second kappa shape index (κ2) is 5.90. The second-order valence-corrected chi connectivity index (χ2v) is 6.87. The van der Waals surface area contributed by atoms with Gasteiger partial charge in [-0.1, -0.05) is 13.0 Å². The predicted octanol–water partition coefficient (Wildman–Crippen LogP) is 1.48. The van der Waals surface area contributed by atoms with Crippen LogP contribution in [0, 0.1) is 5.92 Å². The zero-order valence-electron chi connectivity index (χ0n) is 11.6. The Hall–Kier alpha value is -1.80. The van der Waals surface area contributed by atoms with Crippen molar-refractivity contribution in [2.45, 2.75) is 19.8 Å². The average Bonchev–Trinajstić information content (AvgIpc) is 2.41. The summed E-state index contributed by atoms with van der Waals surface area (Å²) in [5.74, 6) is -1.42. The summed E-state index contributed by atoms with van der Waals surface area (Å²) in [5.41, 5.74) is -0.476. The van der Waals surface area contributed by atoms with Crippen molar-refractivity contribution in [2.24, 2.45) is 5.92 Å². The van der Waals surface area contributed by atoms with Gasteiger partial charge in [-0.3, -0.25) is 4.72 Å². The van der Waals surface area contributed by atoms with Crippen LogP contribution in [0.5, 0.6) is 5.75 Å². The van der Waals surface area contributed by atoms with Crippen molar-refractivity contribution >= 4 is 21.9 Å². The molecule has 1 aromatic carbocycles. The van der Waals surface area contributed by atoms with E-state index in [1.54, 1.807) is 0 Å². The van der Waals surface area contributed by atoms with Crippen LogP contribution in [0.2, 0.25) is 0 Å². The molecule has 3 N–H and O–H groups in total. The molecule has 1 aliphatic heterocycles. The van der Waals surface area contributed by atoms with E-state index in [0.29, 0.717) is 19.0 Å². The maximum atomic E-state index is 12.3. The van der Waals surface area contributed by atoms with E-state index in [9.17, 15) is 18.3 Å². The number of nitrogens with zero attached hydrogens (tertiary/aromatic N) is 1. The first-order chi connectivity index (χ1) is 9.81. The molecule has 0 aromatic heterocycles. The van der Waals surface area contributed by atoms with Gasteiger partial charge in [-0.2, -0.15) is 12.7 Å². The van der Waals surface area contributed by atoms with E-state index in [4.69, 9.17) is 5.11 Å². The quantitative estimate of drug-likeness (QED) is 0.730. The molecule has 21 heavy (non-hydrogen) atoms. The number of aromatic hydroxyl groups is 1. The molecule has 0 atom stereocenters. The summed E-state index contributed by atoms with van der Waals surface area (Å²) in [4.78, 5) is 10.9. The molecule has 0 radical (unpaired) electrons. The highest BCUT2D eigenvalue weighted by molar-refractivity contribution is 7.90. The van der Waals surface area contributed by atoms with Crippen LogP contribution in [0.4, 0.5) is 5.69 Å². The number of benzene rings is 1. The van der Waals surface area contributed by atoms with Gasteiger partial charge in [-0.15, -0.1) is 0 Å². The van der Waals surface area contributed by atoms with Crippen LogP contribution in [0.3, 0.4) is 0 Å². The van der Waals surface area contributed by atoms with Crippen LogP contribution in [-0.4, -0.2) is 42.0 Å². The largest absolute Gasteiger partial charge is 0.505 e. The standard InChI is InChI=1S/C13H18N2O5S/c1-9-5-7-15(8-6-9)21(19,20)14-11-4-2-3-10(12(11)16)13(17)18/h2-4,9,14,16H,5-8H2,1H3,(H,17,18). The molecule has 1 fully saturated rings. The number of rotatable bonds is 4. The predicted molar refractivity (Wildman–Crippen MR) is 77.6 cm³/mol. The zero-order valence-corrected chi connectivity index (χ0v) is 12.4. The summed E-state index contributed by atoms with van der Waals surface area (Å²) in [6, 6.07) is 3.91. The Labute approximate surface area is 123 Å². The molecule has 1 aromatic rings. The molecule has 1 heterocycles. The van der Waals surface area contributed by atoms with Gasteiger partial charge in [-0.05, 0) is 30.9 Å². The van der Waals surface area contributed by atoms with E-state index in [-0.39, 0.29) is 11.3 Å². The first kappa shape index (κ1) is 15.6. The number of aromatic carboxylic acids is 1. The van der Waals surface area contributed by atoms with Crippen LogP contribution in [0.1, 0.15) is 30.1 Å². The lowest BCUT2D eigenvalue weighted by Crippen LogP contribution is -2.41. The summed E-state index contributed by atoms with van der Waals surface area (Å²) in [7, 11) is -3.79. The fourth-order valence-electron chi connectivity index (χ4n) is 2.23. The van der Waals surface area contributed by atoms with Crippen molar-refractivity contribution in [3.8, 4) is 5.75 Å². The van der Waals surface area contributed by atoms with Crippen LogP contribution in [0.25, 0.3) is 0 Å². The van der Waals surface area contributed by atoms with Crippen LogP contribution in [-0.2, 0) is 10.2 Å². The Morgan fingerprint density at radius 2 is 1.95 bits per heavy atom. The Morgan fingerprint density at radius 3 is 2.52 bits per heavy atom. The van der Waals surface area contributed by atoms with E-state index >= 15 is 0 Å². The maximum absolute atomic E-state index is 12.3. The van der Waals surface area contributed by atoms with E-state index in [0.717, 1.165) is 12.8 Å². The lowest BCUT2D eigenvalue weighted by Gasteiger charge is -2.29. The van der Waals surface area contributed by atoms with E-state index in [1.807, 2.05) is 0 Å². The minimum atomic E-state index is -3.79. The molecule has 1 saturated heterocycles. The molecule has 0 saturated carbocycles. The minimum absolute atomic E-state index is 0.131. The molecule has 2 rings (SSSR count). The van der Waals surface area contributed by atoms with Gasteiger partial charge >= 0.3 is 16.2 Å². The van der Waals surface area contributed by atoms with Crippen LogP contribution < -0.4 is 4.72 Å². The Bertz CT molecular complexity index is 636. The highest BCUT2D eigenvalue weighted by atomic mass is 32.2. The fraction of sp³-hybridized carbons (Fsp3) is 0.462. The SMILES string of the molecule is CC1CCN(S(=O)(=O)Nc2cccc(C(=O)O)c2O)CC1. The monoisotopic (exact) mass is 314 g/mol. The van der Waals surface area contributed by atoms with E-state index < -0.39 is 21.9 Å². The van der Waals surface area contributed by atoms with E-state index in [2.05, 4.69) is 11.6 Å². The van der Waals surface area contributed by atoms with Crippen LogP contribution >= 0.6 is 0 Å². The minimum Gasteiger partial charge on any atom is -0.505 e. The average molecular weight is 314 g/mol. The van der Waals surface area contributed by atoms with Crippen LogP contribution in [0.15, 0.2) is 18.2 Å². The topological polar surface area (TPSA) is 107 Å². The third-order valence-corrected chi connectivity index (χ3v) is 5.11. The summed E-state index contributed by atoms with van der Waals surface area (Å²) >= 11 is 0. The van der Waals surface area contributed by atoms with Gasteiger partial charge < -0.3 is 10.2 Å². The number of hydrogen-bond donors (Lipinski definition) is 3. The number of carboxylic acid groups (broad SMARTS) is 1.